The van der Waals surface area contributed by atoms with E-state index >= 15 is 0 Å². The number of carbonyl (C=O) groups excluding carboxylic acids is 1. The maximum absolute atomic E-state index is 11.9. The minimum atomic E-state index is -0.0245. The molecule has 1 aliphatic rings. The fourth-order valence-electron chi connectivity index (χ4n) is 2.47. The second-order valence-electron chi connectivity index (χ2n) is 5.17. The highest BCUT2D eigenvalue weighted by molar-refractivity contribution is 6.04. The number of rotatable bonds is 5. The first kappa shape index (κ1) is 13.8. The summed E-state index contributed by atoms with van der Waals surface area (Å²) in [4.78, 5) is 11.9. The van der Waals surface area contributed by atoms with E-state index in [1.54, 1.807) is 12.1 Å². The fraction of sp³-hybridized carbons (Fsp3) is 0.438. The van der Waals surface area contributed by atoms with Gasteiger partial charge in [0.05, 0.1) is 0 Å². The van der Waals surface area contributed by atoms with Crippen LogP contribution in [0.4, 0.5) is 0 Å². The van der Waals surface area contributed by atoms with Gasteiger partial charge in [0.2, 0.25) is 0 Å². The Bertz CT molecular complexity index is 433. The summed E-state index contributed by atoms with van der Waals surface area (Å²) in [7, 11) is 0. The van der Waals surface area contributed by atoms with Crippen LogP contribution in [0.15, 0.2) is 42.1 Å². The van der Waals surface area contributed by atoms with Gasteiger partial charge in [-0.05, 0) is 12.8 Å². The zero-order valence-corrected chi connectivity index (χ0v) is 11.3. The van der Waals surface area contributed by atoms with Crippen molar-refractivity contribution in [1.82, 2.24) is 5.32 Å². The number of nitrogens with one attached hydrogen (secondary N) is 1. The standard InChI is InChI=1S/C16H22N2O/c17-14(12-18-15-9-5-2-6-10-15)11-16(19)13-7-3-1-4-8-13/h1,3-4,7-8,11,15,18H,2,5-6,9-10,12,17H2/b14-11-. The van der Waals surface area contributed by atoms with Crippen molar-refractivity contribution in [2.45, 2.75) is 38.1 Å². The molecule has 0 heterocycles. The van der Waals surface area contributed by atoms with Crippen LogP contribution in [-0.2, 0) is 0 Å². The first-order valence-corrected chi connectivity index (χ1v) is 7.04. The zero-order valence-electron chi connectivity index (χ0n) is 11.3. The van der Waals surface area contributed by atoms with E-state index in [0.717, 1.165) is 0 Å². The van der Waals surface area contributed by atoms with Gasteiger partial charge in [-0.1, -0.05) is 49.6 Å². The molecule has 1 fully saturated rings. The Morgan fingerprint density at radius 1 is 1.21 bits per heavy atom. The van der Waals surface area contributed by atoms with Crippen LogP contribution in [-0.4, -0.2) is 18.4 Å². The van der Waals surface area contributed by atoms with E-state index in [4.69, 9.17) is 5.73 Å². The largest absolute Gasteiger partial charge is 0.401 e. The molecule has 102 valence electrons. The molecule has 0 amide bonds. The maximum atomic E-state index is 11.9. The van der Waals surface area contributed by atoms with E-state index in [2.05, 4.69) is 5.32 Å². The quantitative estimate of drug-likeness (QED) is 0.630. The van der Waals surface area contributed by atoms with Crippen molar-refractivity contribution in [1.29, 1.82) is 0 Å². The number of hydrogen-bond acceptors (Lipinski definition) is 3. The van der Waals surface area contributed by atoms with Crippen molar-refractivity contribution in [3.05, 3.63) is 47.7 Å². The highest BCUT2D eigenvalue weighted by Gasteiger charge is 2.12. The van der Waals surface area contributed by atoms with Crippen LogP contribution in [0.3, 0.4) is 0 Å². The van der Waals surface area contributed by atoms with Crippen molar-refractivity contribution in [2.24, 2.45) is 5.73 Å². The van der Waals surface area contributed by atoms with Gasteiger partial charge in [-0.15, -0.1) is 0 Å². The van der Waals surface area contributed by atoms with Crippen LogP contribution in [0.5, 0.6) is 0 Å². The predicted octanol–water partition coefficient (Wildman–Crippen LogP) is 2.63. The van der Waals surface area contributed by atoms with Crippen molar-refractivity contribution < 1.29 is 4.79 Å². The molecule has 0 radical (unpaired) electrons. The average molecular weight is 258 g/mol. The topological polar surface area (TPSA) is 55.1 Å². The number of benzene rings is 1. The Morgan fingerprint density at radius 2 is 1.89 bits per heavy atom. The first-order chi connectivity index (χ1) is 9.25. The summed E-state index contributed by atoms with van der Waals surface area (Å²) in [5.41, 5.74) is 7.20. The molecule has 1 aromatic carbocycles. The minimum absolute atomic E-state index is 0.0245. The van der Waals surface area contributed by atoms with E-state index in [9.17, 15) is 4.79 Å². The maximum Gasteiger partial charge on any atom is 0.187 e. The number of hydrogen-bond donors (Lipinski definition) is 2. The molecule has 0 spiro atoms. The summed E-state index contributed by atoms with van der Waals surface area (Å²) in [5.74, 6) is -0.0245. The van der Waals surface area contributed by atoms with E-state index in [0.29, 0.717) is 23.8 Å². The van der Waals surface area contributed by atoms with Crippen LogP contribution >= 0.6 is 0 Å². The molecule has 2 rings (SSSR count). The van der Waals surface area contributed by atoms with Gasteiger partial charge in [0, 0.05) is 29.9 Å². The molecule has 3 heteroatoms. The molecule has 0 unspecified atom stereocenters. The zero-order chi connectivity index (χ0) is 13.5. The molecule has 3 nitrogen and oxygen atoms in total. The van der Waals surface area contributed by atoms with E-state index in [1.807, 2.05) is 18.2 Å². The van der Waals surface area contributed by atoms with Crippen LogP contribution < -0.4 is 11.1 Å². The number of nitrogens with two attached hydrogens (primary N) is 1. The average Bonchev–Trinajstić information content (AvgIpc) is 2.47. The van der Waals surface area contributed by atoms with Gasteiger partial charge >= 0.3 is 0 Å². The van der Waals surface area contributed by atoms with Gasteiger partial charge < -0.3 is 11.1 Å². The lowest BCUT2D eigenvalue weighted by molar-refractivity contribution is 0.104. The van der Waals surface area contributed by atoms with Crippen LogP contribution in [0.1, 0.15) is 42.5 Å². The molecule has 0 aromatic heterocycles. The van der Waals surface area contributed by atoms with Gasteiger partial charge in [0.25, 0.3) is 0 Å². The third-order valence-electron chi connectivity index (χ3n) is 3.57. The predicted molar refractivity (Wildman–Crippen MR) is 77.9 cm³/mol. The molecule has 0 saturated heterocycles. The molecule has 1 saturated carbocycles. The summed E-state index contributed by atoms with van der Waals surface area (Å²) < 4.78 is 0. The third-order valence-corrected chi connectivity index (χ3v) is 3.57. The highest BCUT2D eigenvalue weighted by atomic mass is 16.1. The molecular weight excluding hydrogens is 236 g/mol. The Labute approximate surface area is 114 Å². The summed E-state index contributed by atoms with van der Waals surface area (Å²) >= 11 is 0. The highest BCUT2D eigenvalue weighted by Crippen LogP contribution is 2.17. The summed E-state index contributed by atoms with van der Waals surface area (Å²) in [5, 5.41) is 3.43. The number of ketones is 1. The van der Waals surface area contributed by atoms with E-state index in [1.165, 1.54) is 38.2 Å². The van der Waals surface area contributed by atoms with Gasteiger partial charge in [0.1, 0.15) is 0 Å². The van der Waals surface area contributed by atoms with Crippen molar-refractivity contribution in [3.8, 4) is 0 Å². The molecule has 3 N–H and O–H groups in total. The molecular formula is C16H22N2O. The summed E-state index contributed by atoms with van der Waals surface area (Å²) in [6.45, 7) is 0.600. The molecule has 19 heavy (non-hydrogen) atoms. The SMILES string of the molecule is N/C(=C\C(=O)c1ccccc1)CNC1CCCCC1. The third kappa shape index (κ3) is 4.52. The van der Waals surface area contributed by atoms with Gasteiger partial charge in [-0.2, -0.15) is 0 Å². The van der Waals surface area contributed by atoms with Gasteiger partial charge in [-0.25, -0.2) is 0 Å². The molecule has 1 aromatic rings. The van der Waals surface area contributed by atoms with Crippen molar-refractivity contribution >= 4 is 5.78 Å². The molecule has 0 aliphatic heterocycles. The lowest BCUT2D eigenvalue weighted by Gasteiger charge is -2.22. The molecule has 1 aliphatic carbocycles. The van der Waals surface area contributed by atoms with Gasteiger partial charge in [0.15, 0.2) is 5.78 Å². The van der Waals surface area contributed by atoms with Crippen LogP contribution in [0.25, 0.3) is 0 Å². The normalized spacial score (nSPS) is 17.4. The monoisotopic (exact) mass is 258 g/mol. The Morgan fingerprint density at radius 3 is 2.58 bits per heavy atom. The second-order valence-corrected chi connectivity index (χ2v) is 5.17. The van der Waals surface area contributed by atoms with Crippen molar-refractivity contribution in [2.75, 3.05) is 6.54 Å². The van der Waals surface area contributed by atoms with Gasteiger partial charge in [-0.3, -0.25) is 4.79 Å². The Hall–Kier alpha value is -1.61. The fourth-order valence-corrected chi connectivity index (χ4v) is 2.47. The molecule has 0 atom stereocenters. The van der Waals surface area contributed by atoms with Crippen LogP contribution in [0.2, 0.25) is 0 Å². The summed E-state index contributed by atoms with van der Waals surface area (Å²) in [6, 6.07) is 9.79. The number of allylic oxidation sites excluding steroid dienone is 1. The van der Waals surface area contributed by atoms with Crippen molar-refractivity contribution in [3.63, 3.8) is 0 Å². The van der Waals surface area contributed by atoms with E-state index < -0.39 is 0 Å². The molecule has 0 bridgehead atoms. The van der Waals surface area contributed by atoms with E-state index in [-0.39, 0.29) is 5.78 Å². The summed E-state index contributed by atoms with van der Waals surface area (Å²) in [6.07, 6.45) is 7.91. The first-order valence-electron chi connectivity index (χ1n) is 7.04. The minimum Gasteiger partial charge on any atom is -0.401 e. The van der Waals surface area contributed by atoms with Crippen LogP contribution in [0, 0.1) is 0 Å². The Balaban J connectivity index is 1.83. The number of carbonyl (C=O) groups is 1. The lowest BCUT2D eigenvalue weighted by Crippen LogP contribution is -2.34. The Kier molecular flexibility index (Phi) is 5.16. The lowest BCUT2D eigenvalue weighted by atomic mass is 9.95. The smallest absolute Gasteiger partial charge is 0.187 e. The second kappa shape index (κ2) is 7.10.